The maximum absolute atomic E-state index is 5.27. The molecule has 6 nitrogen and oxygen atoms in total. The Morgan fingerprint density at radius 1 is 1.13 bits per heavy atom. The Morgan fingerprint density at radius 3 is 2.60 bits per heavy atom. The van der Waals surface area contributed by atoms with E-state index in [4.69, 9.17) is 4.74 Å². The Hall–Kier alpha value is -2.55. The van der Waals surface area contributed by atoms with Crippen LogP contribution in [0.5, 0.6) is 5.75 Å². The number of hydrogen-bond donors (Lipinski definition) is 1. The van der Waals surface area contributed by atoms with E-state index in [2.05, 4.69) is 32.4 Å². The van der Waals surface area contributed by atoms with Crippen LogP contribution in [0, 0.1) is 0 Å². The van der Waals surface area contributed by atoms with Gasteiger partial charge in [-0.2, -0.15) is 5.10 Å². The van der Waals surface area contributed by atoms with Gasteiger partial charge < -0.3 is 15.0 Å². The number of nitrogens with one attached hydrogen (secondary N) is 1. The topological polar surface area (TPSA) is 54.7 Å². The van der Waals surface area contributed by atoms with Gasteiger partial charge in [-0.3, -0.25) is 4.99 Å². The largest absolute Gasteiger partial charge is 0.497 e. The molecule has 1 aliphatic rings. The van der Waals surface area contributed by atoms with Crippen molar-refractivity contribution in [3.05, 3.63) is 78.1 Å². The third-order valence-corrected chi connectivity index (χ3v) is 5.38. The van der Waals surface area contributed by atoms with E-state index in [9.17, 15) is 0 Å². The number of benzene rings is 2. The molecule has 0 bridgehead atoms. The first-order valence-corrected chi connectivity index (χ1v) is 9.96. The number of ether oxygens (including phenoxy) is 1. The first-order valence-electron chi connectivity index (χ1n) is 9.96. The lowest BCUT2D eigenvalue weighted by molar-refractivity contribution is 0.414. The smallest absolute Gasteiger partial charge is 0.193 e. The summed E-state index contributed by atoms with van der Waals surface area (Å²) < 4.78 is 7.16. The molecule has 0 spiro atoms. The normalized spacial score (nSPS) is 16.3. The quantitative estimate of drug-likeness (QED) is 0.315. The molecular formula is C23H28IN5O. The lowest BCUT2D eigenvalue weighted by Crippen LogP contribution is -2.39. The summed E-state index contributed by atoms with van der Waals surface area (Å²) in [5.41, 5.74) is 3.40. The van der Waals surface area contributed by atoms with Crippen LogP contribution in [0.15, 0.2) is 71.9 Å². The van der Waals surface area contributed by atoms with Gasteiger partial charge in [0.1, 0.15) is 5.75 Å². The molecule has 30 heavy (non-hydrogen) atoms. The van der Waals surface area contributed by atoms with Crippen molar-refractivity contribution >= 4 is 29.9 Å². The molecule has 1 unspecified atom stereocenters. The van der Waals surface area contributed by atoms with E-state index in [1.807, 2.05) is 66.5 Å². The first-order chi connectivity index (χ1) is 14.3. The van der Waals surface area contributed by atoms with Gasteiger partial charge in [0, 0.05) is 32.3 Å². The number of likely N-dealkylation sites (tertiary alicyclic amines) is 1. The Labute approximate surface area is 195 Å². The van der Waals surface area contributed by atoms with Crippen molar-refractivity contribution in [2.45, 2.75) is 18.9 Å². The third-order valence-electron chi connectivity index (χ3n) is 5.38. The van der Waals surface area contributed by atoms with Crippen LogP contribution in [0.25, 0.3) is 5.69 Å². The van der Waals surface area contributed by atoms with E-state index in [1.54, 1.807) is 7.11 Å². The molecule has 3 aromatic rings. The van der Waals surface area contributed by atoms with Gasteiger partial charge in [-0.05, 0) is 42.3 Å². The summed E-state index contributed by atoms with van der Waals surface area (Å²) in [6.07, 6.45) is 3.11. The van der Waals surface area contributed by atoms with Crippen LogP contribution in [-0.2, 0) is 6.54 Å². The van der Waals surface area contributed by atoms with Gasteiger partial charge in [0.25, 0.3) is 0 Å². The highest BCUT2D eigenvalue weighted by molar-refractivity contribution is 14.0. The molecular weight excluding hydrogens is 489 g/mol. The number of aromatic nitrogens is 2. The zero-order valence-electron chi connectivity index (χ0n) is 17.4. The molecule has 1 N–H and O–H groups in total. The van der Waals surface area contributed by atoms with Gasteiger partial charge in [-0.15, -0.1) is 24.0 Å². The number of methoxy groups -OCH3 is 1. The molecule has 2 heterocycles. The van der Waals surface area contributed by atoms with E-state index in [1.165, 1.54) is 5.56 Å². The van der Waals surface area contributed by atoms with E-state index >= 15 is 0 Å². The van der Waals surface area contributed by atoms with Crippen molar-refractivity contribution in [2.24, 2.45) is 4.99 Å². The van der Waals surface area contributed by atoms with E-state index in [0.29, 0.717) is 12.5 Å². The van der Waals surface area contributed by atoms with Crippen molar-refractivity contribution in [1.29, 1.82) is 0 Å². The van der Waals surface area contributed by atoms with Gasteiger partial charge in [-0.1, -0.05) is 30.3 Å². The highest BCUT2D eigenvalue weighted by atomic mass is 127. The van der Waals surface area contributed by atoms with Crippen LogP contribution in [0.2, 0.25) is 0 Å². The second-order valence-electron chi connectivity index (χ2n) is 7.19. The van der Waals surface area contributed by atoms with Crippen LogP contribution < -0.4 is 10.1 Å². The van der Waals surface area contributed by atoms with E-state index < -0.39 is 0 Å². The van der Waals surface area contributed by atoms with Crippen molar-refractivity contribution < 1.29 is 4.74 Å². The van der Waals surface area contributed by atoms with Gasteiger partial charge in [0.15, 0.2) is 5.96 Å². The molecule has 1 atom stereocenters. The number of para-hydroxylation sites is 1. The number of hydrogen-bond acceptors (Lipinski definition) is 3. The average Bonchev–Trinajstić information content (AvgIpc) is 3.45. The fourth-order valence-corrected chi connectivity index (χ4v) is 3.78. The zero-order valence-corrected chi connectivity index (χ0v) is 19.7. The van der Waals surface area contributed by atoms with E-state index in [-0.39, 0.29) is 24.0 Å². The Balaban J connectivity index is 0.00000256. The molecule has 1 aromatic heterocycles. The Morgan fingerprint density at radius 2 is 1.90 bits per heavy atom. The molecule has 0 saturated carbocycles. The second-order valence-corrected chi connectivity index (χ2v) is 7.19. The van der Waals surface area contributed by atoms with Crippen molar-refractivity contribution in [2.75, 3.05) is 27.2 Å². The first kappa shape index (κ1) is 22.1. The minimum atomic E-state index is 0. The predicted octanol–water partition coefficient (Wildman–Crippen LogP) is 4.06. The lowest BCUT2D eigenvalue weighted by atomic mass is 9.98. The Bertz CT molecular complexity index is 955. The highest BCUT2D eigenvalue weighted by Crippen LogP contribution is 2.28. The van der Waals surface area contributed by atoms with Crippen LogP contribution in [-0.4, -0.2) is 47.9 Å². The molecule has 1 aliphatic heterocycles. The van der Waals surface area contributed by atoms with Crippen LogP contribution in [0.3, 0.4) is 0 Å². The summed E-state index contributed by atoms with van der Waals surface area (Å²) >= 11 is 0. The van der Waals surface area contributed by atoms with Crippen molar-refractivity contribution in [3.8, 4) is 11.4 Å². The molecule has 1 fully saturated rings. The maximum Gasteiger partial charge on any atom is 0.193 e. The lowest BCUT2D eigenvalue weighted by Gasteiger charge is -2.21. The monoisotopic (exact) mass is 517 g/mol. The average molecular weight is 517 g/mol. The zero-order chi connectivity index (χ0) is 20.1. The standard InChI is InChI=1S/C23H27N5O.HI/c1-24-23(25-16-20-13-15-28(26-20)21-6-4-3-5-7-21)27-14-12-19(17-27)18-8-10-22(29-2)11-9-18;/h3-11,13,15,19H,12,14,16-17H2,1-2H3,(H,24,25);1H. The summed E-state index contributed by atoms with van der Waals surface area (Å²) in [5, 5.41) is 8.12. The molecule has 7 heteroatoms. The van der Waals surface area contributed by atoms with Crippen LogP contribution >= 0.6 is 24.0 Å². The van der Waals surface area contributed by atoms with Gasteiger partial charge in [0.2, 0.25) is 0 Å². The predicted molar refractivity (Wildman–Crippen MR) is 131 cm³/mol. The summed E-state index contributed by atoms with van der Waals surface area (Å²) in [4.78, 5) is 6.80. The number of rotatable bonds is 5. The van der Waals surface area contributed by atoms with E-state index in [0.717, 1.165) is 42.6 Å². The molecule has 0 aliphatic carbocycles. The summed E-state index contributed by atoms with van der Waals surface area (Å²) in [7, 11) is 3.54. The number of guanidine groups is 1. The molecule has 2 aromatic carbocycles. The third kappa shape index (κ3) is 5.13. The van der Waals surface area contributed by atoms with Crippen LogP contribution in [0.1, 0.15) is 23.6 Å². The SMILES string of the molecule is CN=C(NCc1ccn(-c2ccccc2)n1)N1CCC(c2ccc(OC)cc2)C1.I. The van der Waals surface area contributed by atoms with Crippen molar-refractivity contribution in [3.63, 3.8) is 0 Å². The number of nitrogens with zero attached hydrogens (tertiary/aromatic N) is 4. The fraction of sp³-hybridized carbons (Fsp3) is 0.304. The summed E-state index contributed by atoms with van der Waals surface area (Å²) in [6, 6.07) is 20.6. The molecule has 1 saturated heterocycles. The highest BCUT2D eigenvalue weighted by Gasteiger charge is 2.26. The molecule has 0 amide bonds. The fourth-order valence-electron chi connectivity index (χ4n) is 3.78. The van der Waals surface area contributed by atoms with Gasteiger partial charge >= 0.3 is 0 Å². The molecule has 158 valence electrons. The molecule has 4 rings (SSSR count). The number of aliphatic imine (C=N–C) groups is 1. The summed E-state index contributed by atoms with van der Waals surface area (Å²) in [6.45, 7) is 2.61. The minimum Gasteiger partial charge on any atom is -0.497 e. The van der Waals surface area contributed by atoms with Crippen molar-refractivity contribution in [1.82, 2.24) is 20.0 Å². The van der Waals surface area contributed by atoms with Gasteiger partial charge in [-0.25, -0.2) is 4.68 Å². The number of halogens is 1. The van der Waals surface area contributed by atoms with Gasteiger partial charge in [0.05, 0.1) is 25.0 Å². The summed E-state index contributed by atoms with van der Waals surface area (Å²) in [5.74, 6) is 2.34. The minimum absolute atomic E-state index is 0. The van der Waals surface area contributed by atoms with Crippen LogP contribution in [0.4, 0.5) is 0 Å². The maximum atomic E-state index is 5.27. The molecule has 0 radical (unpaired) electrons. The second kappa shape index (κ2) is 10.5. The Kier molecular flexibility index (Phi) is 7.73.